The number of nitrogens with zero attached hydrogens (tertiary/aromatic N) is 1. The summed E-state index contributed by atoms with van der Waals surface area (Å²) in [6.45, 7) is 4.01. The SMILES string of the molecule is Cc1ccc(C)c(N(Cc2ccc(C(=O)Nc3ccccc3SCc3ccc(Cl)cc3)cc2)S(C)(=O)=O)c1. The molecule has 0 aliphatic carbocycles. The van der Waals surface area contributed by atoms with Crippen LogP contribution in [0, 0.1) is 13.8 Å². The van der Waals surface area contributed by atoms with Crippen LogP contribution in [-0.4, -0.2) is 20.6 Å². The van der Waals surface area contributed by atoms with E-state index in [1.54, 1.807) is 36.0 Å². The second-order valence-electron chi connectivity index (χ2n) is 9.12. The molecule has 0 heterocycles. The molecule has 1 N–H and O–H groups in total. The summed E-state index contributed by atoms with van der Waals surface area (Å²) in [5.41, 5.74) is 5.67. The third-order valence-electron chi connectivity index (χ3n) is 6.02. The highest BCUT2D eigenvalue weighted by molar-refractivity contribution is 7.98. The molecule has 0 fully saturated rings. The third kappa shape index (κ3) is 7.19. The van der Waals surface area contributed by atoms with Crippen molar-refractivity contribution in [1.29, 1.82) is 0 Å². The molecular weight excluding hydrogens is 536 g/mol. The first kappa shape index (κ1) is 27.8. The van der Waals surface area contributed by atoms with Crippen molar-refractivity contribution in [3.63, 3.8) is 0 Å². The molecule has 38 heavy (non-hydrogen) atoms. The first-order valence-electron chi connectivity index (χ1n) is 12.0. The number of carbonyl (C=O) groups is 1. The molecule has 0 aliphatic rings. The van der Waals surface area contributed by atoms with Gasteiger partial charge in [0.15, 0.2) is 0 Å². The number of halogens is 1. The predicted molar refractivity (Wildman–Crippen MR) is 159 cm³/mol. The molecule has 4 rings (SSSR count). The van der Waals surface area contributed by atoms with E-state index < -0.39 is 10.0 Å². The lowest BCUT2D eigenvalue weighted by atomic mass is 10.1. The number of aryl methyl sites for hydroxylation is 2. The van der Waals surface area contributed by atoms with Crippen LogP contribution >= 0.6 is 23.4 Å². The summed E-state index contributed by atoms with van der Waals surface area (Å²) in [7, 11) is -3.51. The van der Waals surface area contributed by atoms with E-state index in [9.17, 15) is 13.2 Å². The highest BCUT2D eigenvalue weighted by Gasteiger charge is 2.20. The van der Waals surface area contributed by atoms with Crippen molar-refractivity contribution in [1.82, 2.24) is 0 Å². The van der Waals surface area contributed by atoms with Crippen molar-refractivity contribution in [2.75, 3.05) is 15.9 Å². The summed E-state index contributed by atoms with van der Waals surface area (Å²) in [5, 5.41) is 3.71. The zero-order chi connectivity index (χ0) is 27.3. The predicted octanol–water partition coefficient (Wildman–Crippen LogP) is 7.47. The number of hydrogen-bond acceptors (Lipinski definition) is 4. The van der Waals surface area contributed by atoms with Crippen molar-refractivity contribution < 1.29 is 13.2 Å². The molecule has 196 valence electrons. The smallest absolute Gasteiger partial charge is 0.255 e. The Balaban J connectivity index is 1.46. The fourth-order valence-corrected chi connectivity index (χ4v) is 5.96. The summed E-state index contributed by atoms with van der Waals surface area (Å²) in [5.74, 6) is 0.515. The van der Waals surface area contributed by atoms with Crippen LogP contribution in [0.15, 0.2) is 95.9 Å². The van der Waals surface area contributed by atoms with Gasteiger partial charge in [-0.25, -0.2) is 8.42 Å². The number of nitrogens with one attached hydrogen (secondary N) is 1. The van der Waals surface area contributed by atoms with Crippen molar-refractivity contribution >= 4 is 50.7 Å². The number of thioether (sulfide) groups is 1. The number of amides is 1. The van der Waals surface area contributed by atoms with Crippen LogP contribution in [0.1, 0.15) is 32.6 Å². The maximum atomic E-state index is 13.0. The molecule has 4 aromatic rings. The Kier molecular flexibility index (Phi) is 8.82. The number of para-hydroxylation sites is 1. The Hall–Kier alpha value is -3.26. The molecule has 4 aromatic carbocycles. The van der Waals surface area contributed by atoms with Crippen LogP contribution in [0.25, 0.3) is 0 Å². The minimum absolute atomic E-state index is 0.176. The Morgan fingerprint density at radius 1 is 0.895 bits per heavy atom. The van der Waals surface area contributed by atoms with E-state index in [1.807, 2.05) is 80.6 Å². The van der Waals surface area contributed by atoms with Gasteiger partial charge in [0, 0.05) is 21.2 Å². The van der Waals surface area contributed by atoms with Gasteiger partial charge in [0.1, 0.15) is 0 Å². The van der Waals surface area contributed by atoms with Gasteiger partial charge in [-0.2, -0.15) is 0 Å². The zero-order valence-electron chi connectivity index (χ0n) is 21.4. The second-order valence-corrected chi connectivity index (χ2v) is 12.5. The normalized spacial score (nSPS) is 11.3. The highest BCUT2D eigenvalue weighted by atomic mass is 35.5. The molecule has 0 bridgehead atoms. The van der Waals surface area contributed by atoms with E-state index in [-0.39, 0.29) is 12.5 Å². The quantitative estimate of drug-likeness (QED) is 0.214. The Labute approximate surface area is 233 Å². The molecular formula is C30H29ClN2O3S2. The van der Waals surface area contributed by atoms with Crippen molar-refractivity contribution in [2.24, 2.45) is 0 Å². The Morgan fingerprint density at radius 2 is 1.55 bits per heavy atom. The van der Waals surface area contributed by atoms with Crippen molar-refractivity contribution in [2.45, 2.75) is 31.0 Å². The van der Waals surface area contributed by atoms with Gasteiger partial charge < -0.3 is 5.32 Å². The summed E-state index contributed by atoms with van der Waals surface area (Å²) in [4.78, 5) is 14.0. The first-order chi connectivity index (χ1) is 18.1. The van der Waals surface area contributed by atoms with E-state index >= 15 is 0 Å². The molecule has 0 unspecified atom stereocenters. The van der Waals surface area contributed by atoms with Gasteiger partial charge in [0.2, 0.25) is 10.0 Å². The number of benzene rings is 4. The molecule has 0 spiro atoms. The molecule has 8 heteroatoms. The van der Waals surface area contributed by atoms with Crippen LogP contribution in [-0.2, 0) is 22.3 Å². The monoisotopic (exact) mass is 564 g/mol. The summed E-state index contributed by atoms with van der Waals surface area (Å²) in [6, 6.07) is 28.2. The fourth-order valence-electron chi connectivity index (χ4n) is 3.93. The maximum Gasteiger partial charge on any atom is 0.255 e. The van der Waals surface area contributed by atoms with Gasteiger partial charge in [0.25, 0.3) is 5.91 Å². The topological polar surface area (TPSA) is 66.5 Å². The number of carbonyl (C=O) groups excluding carboxylic acids is 1. The van der Waals surface area contributed by atoms with Crippen LogP contribution in [0.2, 0.25) is 5.02 Å². The standard InChI is InChI=1S/C30H29ClN2O3S2/c1-21-8-9-22(2)28(18-21)33(38(3,35)36)19-23-10-14-25(15-11-23)30(34)32-27-6-4-5-7-29(27)37-20-24-12-16-26(31)17-13-24/h4-18H,19-20H2,1-3H3,(H,32,34). The summed E-state index contributed by atoms with van der Waals surface area (Å²) in [6.07, 6.45) is 1.21. The summed E-state index contributed by atoms with van der Waals surface area (Å²) >= 11 is 7.61. The van der Waals surface area contributed by atoms with E-state index in [1.165, 1.54) is 10.6 Å². The Bertz CT molecular complexity index is 1540. The second kappa shape index (κ2) is 12.1. The molecule has 0 atom stereocenters. The number of anilines is 2. The first-order valence-corrected chi connectivity index (χ1v) is 15.2. The van der Waals surface area contributed by atoms with Gasteiger partial charge in [-0.05, 0) is 78.6 Å². The molecule has 0 aliphatic heterocycles. The largest absolute Gasteiger partial charge is 0.321 e. The number of sulfonamides is 1. The minimum Gasteiger partial charge on any atom is -0.321 e. The lowest BCUT2D eigenvalue weighted by Gasteiger charge is -2.25. The molecule has 0 radical (unpaired) electrons. The minimum atomic E-state index is -3.51. The van der Waals surface area contributed by atoms with Gasteiger partial charge in [-0.15, -0.1) is 11.8 Å². The summed E-state index contributed by atoms with van der Waals surface area (Å²) < 4.78 is 26.6. The van der Waals surface area contributed by atoms with Crippen molar-refractivity contribution in [3.8, 4) is 0 Å². The Morgan fingerprint density at radius 3 is 2.24 bits per heavy atom. The fraction of sp³-hybridized carbons (Fsp3) is 0.167. The average Bonchev–Trinajstić information content (AvgIpc) is 2.89. The number of hydrogen-bond donors (Lipinski definition) is 1. The zero-order valence-corrected chi connectivity index (χ0v) is 23.8. The van der Waals surface area contributed by atoms with Crippen LogP contribution in [0.4, 0.5) is 11.4 Å². The lowest BCUT2D eigenvalue weighted by molar-refractivity contribution is 0.102. The van der Waals surface area contributed by atoms with Gasteiger partial charge in [0.05, 0.1) is 24.2 Å². The average molecular weight is 565 g/mol. The van der Waals surface area contributed by atoms with Crippen LogP contribution in [0.5, 0.6) is 0 Å². The van der Waals surface area contributed by atoms with Crippen LogP contribution < -0.4 is 9.62 Å². The molecule has 0 saturated carbocycles. The molecule has 5 nitrogen and oxygen atoms in total. The van der Waals surface area contributed by atoms with Crippen LogP contribution in [0.3, 0.4) is 0 Å². The maximum absolute atomic E-state index is 13.0. The molecule has 0 saturated heterocycles. The molecule has 1 amide bonds. The van der Waals surface area contributed by atoms with E-state index in [0.29, 0.717) is 16.3 Å². The van der Waals surface area contributed by atoms with E-state index in [4.69, 9.17) is 11.6 Å². The van der Waals surface area contributed by atoms with Gasteiger partial charge in [-0.3, -0.25) is 9.10 Å². The lowest BCUT2D eigenvalue weighted by Crippen LogP contribution is -2.30. The number of rotatable bonds is 9. The van der Waals surface area contributed by atoms with E-state index in [2.05, 4.69) is 5.32 Å². The van der Waals surface area contributed by atoms with Gasteiger partial charge >= 0.3 is 0 Å². The molecule has 0 aromatic heterocycles. The van der Waals surface area contributed by atoms with Gasteiger partial charge in [-0.1, -0.05) is 60.1 Å². The van der Waals surface area contributed by atoms with Crippen molar-refractivity contribution in [3.05, 3.63) is 124 Å². The third-order valence-corrected chi connectivity index (χ3v) is 8.54. The van der Waals surface area contributed by atoms with E-state index in [0.717, 1.165) is 38.6 Å². The highest BCUT2D eigenvalue weighted by Crippen LogP contribution is 2.31.